The van der Waals surface area contributed by atoms with Crippen LogP contribution in [0.25, 0.3) is 0 Å². The number of nitrogens with zero attached hydrogens (tertiary/aromatic N) is 1. The van der Waals surface area contributed by atoms with E-state index in [0.29, 0.717) is 13.0 Å². The molecule has 1 atom stereocenters. The van der Waals surface area contributed by atoms with Crippen molar-refractivity contribution in [2.45, 2.75) is 33.3 Å². The van der Waals surface area contributed by atoms with Crippen LogP contribution in [0.1, 0.15) is 27.2 Å². The van der Waals surface area contributed by atoms with Crippen molar-refractivity contribution in [1.29, 1.82) is 0 Å². The predicted octanol–water partition coefficient (Wildman–Crippen LogP) is 0.528. The lowest BCUT2D eigenvalue weighted by atomic mass is 9.91. The second-order valence-electron chi connectivity index (χ2n) is 4.35. The fraction of sp³-hybridized carbons (Fsp3) is 0.800. The molecule has 0 rings (SSSR count). The molecular formula is C10H20N2O2S. The molecule has 0 aliphatic carbocycles. The maximum atomic E-state index is 11.9. The number of amides is 1. The van der Waals surface area contributed by atoms with E-state index in [-0.39, 0.29) is 10.9 Å². The second-order valence-corrected chi connectivity index (χ2v) is 4.79. The molecule has 0 aromatic carbocycles. The fourth-order valence-corrected chi connectivity index (χ4v) is 1.15. The summed E-state index contributed by atoms with van der Waals surface area (Å²) < 4.78 is 0. The third-order valence-electron chi connectivity index (χ3n) is 2.38. The summed E-state index contributed by atoms with van der Waals surface area (Å²) in [7, 11) is 1.69. The molecule has 1 amide bonds. The number of thiocarbonyl (C=S) groups is 1. The molecule has 0 heterocycles. The summed E-state index contributed by atoms with van der Waals surface area (Å²) in [6.45, 7) is 5.60. The van der Waals surface area contributed by atoms with Crippen LogP contribution in [0.2, 0.25) is 0 Å². The monoisotopic (exact) mass is 232 g/mol. The van der Waals surface area contributed by atoms with Crippen molar-refractivity contribution >= 4 is 23.1 Å². The molecule has 0 saturated heterocycles. The predicted molar refractivity (Wildman–Crippen MR) is 64.5 cm³/mol. The van der Waals surface area contributed by atoms with Crippen molar-refractivity contribution in [1.82, 2.24) is 4.90 Å². The highest BCUT2D eigenvalue weighted by atomic mass is 32.1. The molecule has 4 nitrogen and oxygen atoms in total. The van der Waals surface area contributed by atoms with Crippen molar-refractivity contribution in [3.05, 3.63) is 0 Å². The standard InChI is InChI=1S/C10H20N2O2S/c1-7(13)5-6-12(4)9(14)10(2,3)8(11)15/h7,13H,5-6H2,1-4H3,(H2,11,15). The number of hydrogen-bond acceptors (Lipinski definition) is 3. The highest BCUT2D eigenvalue weighted by molar-refractivity contribution is 7.80. The average Bonchev–Trinajstić information content (AvgIpc) is 2.12. The van der Waals surface area contributed by atoms with Crippen LogP contribution in [0.4, 0.5) is 0 Å². The maximum absolute atomic E-state index is 11.9. The van der Waals surface area contributed by atoms with Gasteiger partial charge in [0.2, 0.25) is 5.91 Å². The van der Waals surface area contributed by atoms with Gasteiger partial charge in [-0.05, 0) is 27.2 Å². The third kappa shape index (κ3) is 4.13. The van der Waals surface area contributed by atoms with Gasteiger partial charge >= 0.3 is 0 Å². The summed E-state index contributed by atoms with van der Waals surface area (Å²) in [5.41, 5.74) is 4.68. The van der Waals surface area contributed by atoms with Gasteiger partial charge in [0.1, 0.15) is 0 Å². The highest BCUT2D eigenvalue weighted by Crippen LogP contribution is 2.18. The molecule has 0 saturated carbocycles. The van der Waals surface area contributed by atoms with E-state index in [2.05, 4.69) is 0 Å². The Balaban J connectivity index is 4.38. The molecule has 0 aliphatic rings. The van der Waals surface area contributed by atoms with Gasteiger partial charge in [-0.25, -0.2) is 0 Å². The Morgan fingerprint density at radius 2 is 2.07 bits per heavy atom. The van der Waals surface area contributed by atoms with E-state index in [0.717, 1.165) is 0 Å². The average molecular weight is 232 g/mol. The lowest BCUT2D eigenvalue weighted by Gasteiger charge is -2.28. The highest BCUT2D eigenvalue weighted by Gasteiger charge is 2.33. The van der Waals surface area contributed by atoms with E-state index in [1.807, 2.05) is 0 Å². The Morgan fingerprint density at radius 3 is 2.40 bits per heavy atom. The molecule has 88 valence electrons. The first-order valence-electron chi connectivity index (χ1n) is 4.93. The first kappa shape index (κ1) is 14.3. The molecule has 0 spiro atoms. The Morgan fingerprint density at radius 1 is 1.60 bits per heavy atom. The van der Waals surface area contributed by atoms with Crippen molar-refractivity contribution in [2.75, 3.05) is 13.6 Å². The molecule has 0 fully saturated rings. The summed E-state index contributed by atoms with van der Waals surface area (Å²) in [5.74, 6) is -0.115. The van der Waals surface area contributed by atoms with E-state index in [1.54, 1.807) is 32.7 Å². The minimum Gasteiger partial charge on any atom is -0.393 e. The number of aliphatic hydroxyl groups is 1. The second kappa shape index (κ2) is 5.42. The number of rotatable bonds is 5. The summed E-state index contributed by atoms with van der Waals surface area (Å²) >= 11 is 4.84. The van der Waals surface area contributed by atoms with Crippen LogP contribution in [0.5, 0.6) is 0 Å². The van der Waals surface area contributed by atoms with Crippen molar-refractivity contribution in [3.63, 3.8) is 0 Å². The van der Waals surface area contributed by atoms with Crippen molar-refractivity contribution in [2.24, 2.45) is 11.1 Å². The van der Waals surface area contributed by atoms with Crippen LogP contribution in [-0.2, 0) is 4.79 Å². The topological polar surface area (TPSA) is 66.6 Å². The van der Waals surface area contributed by atoms with Gasteiger partial charge in [-0.2, -0.15) is 0 Å². The summed E-state index contributed by atoms with van der Waals surface area (Å²) in [5, 5.41) is 9.11. The van der Waals surface area contributed by atoms with Crippen LogP contribution in [0.3, 0.4) is 0 Å². The number of carbonyl (C=O) groups is 1. The molecule has 15 heavy (non-hydrogen) atoms. The Labute approximate surface area is 96.4 Å². The summed E-state index contributed by atoms with van der Waals surface area (Å²) in [4.78, 5) is 13.6. The zero-order chi connectivity index (χ0) is 12.2. The van der Waals surface area contributed by atoms with Gasteiger partial charge in [0.25, 0.3) is 0 Å². The minimum atomic E-state index is -0.817. The van der Waals surface area contributed by atoms with Gasteiger partial charge in [0, 0.05) is 13.6 Å². The van der Waals surface area contributed by atoms with Gasteiger partial charge in [-0.1, -0.05) is 12.2 Å². The molecule has 3 N–H and O–H groups in total. The van der Waals surface area contributed by atoms with Crippen molar-refractivity contribution < 1.29 is 9.90 Å². The first-order valence-corrected chi connectivity index (χ1v) is 5.34. The molecule has 1 unspecified atom stereocenters. The van der Waals surface area contributed by atoms with Gasteiger partial charge in [-0.3, -0.25) is 4.79 Å². The zero-order valence-electron chi connectivity index (χ0n) is 9.78. The summed E-state index contributed by atoms with van der Waals surface area (Å²) in [6, 6.07) is 0. The molecule has 0 radical (unpaired) electrons. The maximum Gasteiger partial charge on any atom is 0.234 e. The molecule has 0 aliphatic heterocycles. The zero-order valence-corrected chi connectivity index (χ0v) is 10.6. The van der Waals surface area contributed by atoms with E-state index >= 15 is 0 Å². The number of hydrogen-bond donors (Lipinski definition) is 2. The third-order valence-corrected chi connectivity index (χ3v) is 2.89. The number of aliphatic hydroxyl groups excluding tert-OH is 1. The SMILES string of the molecule is CC(O)CCN(C)C(=O)C(C)(C)C(N)=S. The lowest BCUT2D eigenvalue weighted by molar-refractivity contribution is -0.135. The van der Waals surface area contributed by atoms with Crippen LogP contribution in [-0.4, -0.2) is 40.6 Å². The normalized spacial score (nSPS) is 13.4. The smallest absolute Gasteiger partial charge is 0.234 e. The van der Waals surface area contributed by atoms with E-state index in [9.17, 15) is 4.79 Å². The van der Waals surface area contributed by atoms with E-state index in [4.69, 9.17) is 23.1 Å². The minimum absolute atomic E-state index is 0.115. The van der Waals surface area contributed by atoms with E-state index in [1.165, 1.54) is 0 Å². The van der Waals surface area contributed by atoms with Crippen LogP contribution in [0.15, 0.2) is 0 Å². The van der Waals surface area contributed by atoms with Crippen LogP contribution in [0, 0.1) is 5.41 Å². The summed E-state index contributed by atoms with van der Waals surface area (Å²) in [6.07, 6.45) is 0.142. The largest absolute Gasteiger partial charge is 0.393 e. The molecule has 0 aromatic rings. The number of nitrogens with two attached hydrogens (primary N) is 1. The fourth-order valence-electron chi connectivity index (χ4n) is 1.06. The van der Waals surface area contributed by atoms with Gasteiger partial charge in [0.15, 0.2) is 0 Å². The Bertz CT molecular complexity index is 252. The quantitative estimate of drug-likeness (QED) is 0.679. The molecule has 0 aromatic heterocycles. The van der Waals surface area contributed by atoms with Crippen LogP contribution >= 0.6 is 12.2 Å². The Kier molecular flexibility index (Phi) is 5.17. The molecule has 5 heteroatoms. The van der Waals surface area contributed by atoms with Crippen LogP contribution < -0.4 is 5.73 Å². The lowest BCUT2D eigenvalue weighted by Crippen LogP contribution is -2.46. The Hall–Kier alpha value is -0.680. The van der Waals surface area contributed by atoms with E-state index < -0.39 is 11.5 Å². The van der Waals surface area contributed by atoms with Gasteiger partial charge in [0.05, 0.1) is 16.5 Å². The van der Waals surface area contributed by atoms with Gasteiger partial charge in [-0.15, -0.1) is 0 Å². The van der Waals surface area contributed by atoms with Crippen molar-refractivity contribution in [3.8, 4) is 0 Å². The van der Waals surface area contributed by atoms with Gasteiger partial charge < -0.3 is 15.7 Å². The first-order chi connectivity index (χ1) is 6.69. The molecule has 0 bridgehead atoms. The molecular weight excluding hydrogens is 212 g/mol. The number of carbonyl (C=O) groups excluding carboxylic acids is 1.